The second kappa shape index (κ2) is 7.77. The third-order valence-corrected chi connectivity index (χ3v) is 4.61. The van der Waals surface area contributed by atoms with Crippen LogP contribution in [-0.2, 0) is 4.74 Å². The Morgan fingerprint density at radius 2 is 1.93 bits per heavy atom. The van der Waals surface area contributed by atoms with Crippen molar-refractivity contribution in [2.75, 3.05) is 33.4 Å². The van der Waals surface area contributed by atoms with Gasteiger partial charge in [-0.3, -0.25) is 9.78 Å². The van der Waals surface area contributed by atoms with Crippen molar-refractivity contribution in [3.8, 4) is 22.8 Å². The van der Waals surface area contributed by atoms with Crippen LogP contribution in [0.2, 0.25) is 0 Å². The Balaban J connectivity index is 1.76. The predicted octanol–water partition coefficient (Wildman–Crippen LogP) is 2.12. The van der Waals surface area contributed by atoms with Gasteiger partial charge in [0.05, 0.1) is 37.9 Å². The number of morpholine rings is 1. The number of carbonyl (C=O) groups excluding carboxylic acids is 1. The molecule has 0 unspecified atom stereocenters. The third kappa shape index (κ3) is 3.59. The Morgan fingerprint density at radius 1 is 1.11 bits per heavy atom. The number of carbonyl (C=O) groups is 1. The van der Waals surface area contributed by atoms with Crippen molar-refractivity contribution in [2.45, 2.75) is 6.92 Å². The molecule has 4 heterocycles. The average Bonchev–Trinajstić information content (AvgIpc) is 3.20. The van der Waals surface area contributed by atoms with E-state index in [0.717, 1.165) is 22.6 Å². The summed E-state index contributed by atoms with van der Waals surface area (Å²) in [6.07, 6.45) is 3.45. The van der Waals surface area contributed by atoms with Crippen LogP contribution in [0.25, 0.3) is 16.9 Å². The first-order chi connectivity index (χ1) is 13.7. The molecule has 8 nitrogen and oxygen atoms in total. The number of methoxy groups -OCH3 is 1. The molecule has 0 aromatic carbocycles. The van der Waals surface area contributed by atoms with Crippen molar-refractivity contribution in [1.29, 1.82) is 0 Å². The molecule has 144 valence electrons. The van der Waals surface area contributed by atoms with E-state index in [1.807, 2.05) is 25.1 Å². The van der Waals surface area contributed by atoms with E-state index in [2.05, 4.69) is 15.1 Å². The predicted molar refractivity (Wildman–Crippen MR) is 103 cm³/mol. The molecule has 3 aromatic heterocycles. The summed E-state index contributed by atoms with van der Waals surface area (Å²) in [5.41, 5.74) is 3.68. The fraction of sp³-hybridized carbons (Fsp3) is 0.300. The van der Waals surface area contributed by atoms with Gasteiger partial charge >= 0.3 is 0 Å². The van der Waals surface area contributed by atoms with E-state index in [1.165, 1.54) is 0 Å². The summed E-state index contributed by atoms with van der Waals surface area (Å²) in [4.78, 5) is 23.3. The topological polar surface area (TPSA) is 82.4 Å². The molecule has 3 aromatic rings. The van der Waals surface area contributed by atoms with Gasteiger partial charge in [0.1, 0.15) is 0 Å². The fourth-order valence-electron chi connectivity index (χ4n) is 3.05. The number of rotatable bonds is 4. The van der Waals surface area contributed by atoms with Gasteiger partial charge in [-0.25, -0.2) is 9.67 Å². The lowest BCUT2D eigenvalue weighted by Crippen LogP contribution is -2.40. The summed E-state index contributed by atoms with van der Waals surface area (Å²) in [6.45, 7) is 4.16. The molecule has 0 aliphatic carbocycles. The van der Waals surface area contributed by atoms with E-state index in [4.69, 9.17) is 9.47 Å². The van der Waals surface area contributed by atoms with Crippen molar-refractivity contribution >= 4 is 5.91 Å². The van der Waals surface area contributed by atoms with Crippen LogP contribution >= 0.6 is 0 Å². The second-order valence-corrected chi connectivity index (χ2v) is 6.48. The van der Waals surface area contributed by atoms with Gasteiger partial charge < -0.3 is 14.4 Å². The van der Waals surface area contributed by atoms with Crippen molar-refractivity contribution in [3.63, 3.8) is 0 Å². The van der Waals surface area contributed by atoms with E-state index in [9.17, 15) is 4.79 Å². The minimum atomic E-state index is -0.107. The summed E-state index contributed by atoms with van der Waals surface area (Å²) in [7, 11) is 1.57. The Kier molecular flexibility index (Phi) is 5.03. The molecular formula is C20H21N5O3. The Morgan fingerprint density at radius 3 is 2.57 bits per heavy atom. The van der Waals surface area contributed by atoms with Crippen LogP contribution in [0.3, 0.4) is 0 Å². The summed E-state index contributed by atoms with van der Waals surface area (Å²) < 4.78 is 12.2. The van der Waals surface area contributed by atoms with Gasteiger partial charge in [-0.05, 0) is 31.2 Å². The summed E-state index contributed by atoms with van der Waals surface area (Å²) >= 11 is 0. The molecule has 4 rings (SSSR count). The first-order valence-electron chi connectivity index (χ1n) is 9.06. The molecule has 0 saturated carbocycles. The minimum absolute atomic E-state index is 0.107. The highest BCUT2D eigenvalue weighted by atomic mass is 16.5. The van der Waals surface area contributed by atoms with Crippen LogP contribution in [0, 0.1) is 6.92 Å². The SMILES string of the molecule is COc1ccc(-n2nc(C(=O)N3CCOCC3)cc2-c2ccc(C)nc2)cn1. The second-order valence-electron chi connectivity index (χ2n) is 6.48. The highest BCUT2D eigenvalue weighted by Crippen LogP contribution is 2.25. The molecule has 1 fully saturated rings. The first kappa shape index (κ1) is 18.1. The van der Waals surface area contributed by atoms with E-state index in [-0.39, 0.29) is 5.91 Å². The average molecular weight is 379 g/mol. The zero-order valence-electron chi connectivity index (χ0n) is 15.8. The zero-order chi connectivity index (χ0) is 19.5. The molecular weight excluding hydrogens is 358 g/mol. The number of hydrogen-bond acceptors (Lipinski definition) is 6. The number of amides is 1. The highest BCUT2D eigenvalue weighted by molar-refractivity contribution is 5.93. The van der Waals surface area contributed by atoms with Crippen LogP contribution < -0.4 is 4.74 Å². The molecule has 0 radical (unpaired) electrons. The normalized spacial score (nSPS) is 14.1. The van der Waals surface area contributed by atoms with Crippen LogP contribution in [-0.4, -0.2) is 64.0 Å². The number of pyridine rings is 2. The Hall–Kier alpha value is -3.26. The number of hydrogen-bond donors (Lipinski definition) is 0. The number of nitrogens with zero attached hydrogens (tertiary/aromatic N) is 5. The molecule has 8 heteroatoms. The minimum Gasteiger partial charge on any atom is -0.481 e. The lowest BCUT2D eigenvalue weighted by molar-refractivity contribution is 0.0298. The summed E-state index contributed by atoms with van der Waals surface area (Å²) in [6, 6.07) is 9.32. The molecule has 1 aliphatic rings. The lowest BCUT2D eigenvalue weighted by Gasteiger charge is -2.25. The van der Waals surface area contributed by atoms with Gasteiger partial charge in [-0.1, -0.05) is 0 Å². The maximum absolute atomic E-state index is 12.9. The monoisotopic (exact) mass is 379 g/mol. The Labute approximate surface area is 162 Å². The van der Waals surface area contributed by atoms with Crippen LogP contribution in [0.4, 0.5) is 0 Å². The van der Waals surface area contributed by atoms with Crippen LogP contribution in [0.1, 0.15) is 16.2 Å². The molecule has 0 atom stereocenters. The lowest BCUT2D eigenvalue weighted by atomic mass is 10.1. The van der Waals surface area contributed by atoms with E-state index >= 15 is 0 Å². The summed E-state index contributed by atoms with van der Waals surface area (Å²) in [5.74, 6) is 0.406. The molecule has 1 aliphatic heterocycles. The maximum atomic E-state index is 12.9. The van der Waals surface area contributed by atoms with Gasteiger partial charge in [-0.2, -0.15) is 5.10 Å². The van der Waals surface area contributed by atoms with Crippen molar-refractivity contribution < 1.29 is 14.3 Å². The van der Waals surface area contributed by atoms with Gasteiger partial charge in [0.25, 0.3) is 5.91 Å². The third-order valence-electron chi connectivity index (χ3n) is 4.61. The smallest absolute Gasteiger partial charge is 0.274 e. The standard InChI is InChI=1S/C20H21N5O3/c1-14-3-4-15(12-21-14)18-11-17(20(26)24-7-9-28-10-8-24)23-25(18)16-5-6-19(27-2)22-13-16/h3-6,11-13H,7-10H2,1-2H3. The van der Waals surface area contributed by atoms with Crippen LogP contribution in [0.15, 0.2) is 42.7 Å². The van der Waals surface area contributed by atoms with Crippen molar-refractivity contribution in [1.82, 2.24) is 24.6 Å². The van der Waals surface area contributed by atoms with Gasteiger partial charge in [0.15, 0.2) is 5.69 Å². The van der Waals surface area contributed by atoms with E-state index < -0.39 is 0 Å². The van der Waals surface area contributed by atoms with Gasteiger partial charge in [0, 0.05) is 36.6 Å². The van der Waals surface area contributed by atoms with E-state index in [1.54, 1.807) is 41.2 Å². The highest BCUT2D eigenvalue weighted by Gasteiger charge is 2.23. The Bertz CT molecular complexity index is 961. The van der Waals surface area contributed by atoms with E-state index in [0.29, 0.717) is 37.9 Å². The largest absolute Gasteiger partial charge is 0.481 e. The quantitative estimate of drug-likeness (QED) is 0.691. The number of aryl methyl sites for hydroxylation is 1. The molecule has 1 saturated heterocycles. The molecule has 1 amide bonds. The number of aromatic nitrogens is 4. The van der Waals surface area contributed by atoms with Gasteiger partial charge in [-0.15, -0.1) is 0 Å². The van der Waals surface area contributed by atoms with Crippen LogP contribution in [0.5, 0.6) is 5.88 Å². The summed E-state index contributed by atoms with van der Waals surface area (Å²) in [5, 5.41) is 4.59. The van der Waals surface area contributed by atoms with Gasteiger partial charge in [0.2, 0.25) is 5.88 Å². The number of ether oxygens (including phenoxy) is 2. The first-order valence-corrected chi connectivity index (χ1v) is 9.06. The molecule has 0 bridgehead atoms. The zero-order valence-corrected chi connectivity index (χ0v) is 15.8. The van der Waals surface area contributed by atoms with Crippen molar-refractivity contribution in [2.24, 2.45) is 0 Å². The molecule has 28 heavy (non-hydrogen) atoms. The maximum Gasteiger partial charge on any atom is 0.274 e. The molecule has 0 spiro atoms. The fourth-order valence-corrected chi connectivity index (χ4v) is 3.05. The van der Waals surface area contributed by atoms with Crippen molar-refractivity contribution in [3.05, 3.63) is 54.1 Å². The molecule has 0 N–H and O–H groups in total.